The van der Waals surface area contributed by atoms with Gasteiger partial charge in [-0.3, -0.25) is 29.8 Å². The Morgan fingerprint density at radius 2 is 1.27 bits per heavy atom. The van der Waals surface area contributed by atoms with Crippen molar-refractivity contribution in [3.05, 3.63) is 151 Å². The van der Waals surface area contributed by atoms with E-state index in [-0.39, 0.29) is 17.1 Å². The zero-order chi connectivity index (χ0) is 35.0. The maximum atomic E-state index is 13.9. The molecule has 13 heteroatoms. The van der Waals surface area contributed by atoms with Gasteiger partial charge in [-0.25, -0.2) is 14.6 Å². The molecule has 6 rings (SSSR count). The van der Waals surface area contributed by atoms with E-state index >= 15 is 0 Å². The standard InChI is InChI=1S/C36H27N5O8/c1-22-9-11-28(12-10-22)39-35(43)31(34(42)38(36(39)44)26-7-5-4-6-8-26)20-25-19-23(2)37(24(25)3)27-13-16-30(17-14-27)49-33-18-15-29(40(45)46)21-32(33)41(47)48/h4-21H,1-3H3/b31-20+. The lowest BCUT2D eigenvalue weighted by molar-refractivity contribution is -0.394. The van der Waals surface area contributed by atoms with Gasteiger partial charge in [0.05, 0.1) is 27.3 Å². The minimum Gasteiger partial charge on any atom is -0.450 e. The Morgan fingerprint density at radius 1 is 0.673 bits per heavy atom. The summed E-state index contributed by atoms with van der Waals surface area (Å²) in [4.78, 5) is 64.5. The topological polar surface area (TPSA) is 158 Å². The van der Waals surface area contributed by atoms with Crippen molar-refractivity contribution < 1.29 is 29.0 Å². The minimum atomic E-state index is -0.783. The summed E-state index contributed by atoms with van der Waals surface area (Å²) in [6.45, 7) is 5.55. The average molecular weight is 658 g/mol. The highest BCUT2D eigenvalue weighted by Gasteiger charge is 2.43. The predicted molar refractivity (Wildman–Crippen MR) is 181 cm³/mol. The largest absolute Gasteiger partial charge is 0.450 e. The number of barbiturate groups is 1. The van der Waals surface area contributed by atoms with Crippen LogP contribution in [0.1, 0.15) is 22.5 Å². The monoisotopic (exact) mass is 657 g/mol. The molecule has 244 valence electrons. The van der Waals surface area contributed by atoms with Crippen LogP contribution in [0.15, 0.2) is 109 Å². The third-order valence-corrected chi connectivity index (χ3v) is 8.00. The van der Waals surface area contributed by atoms with Crippen molar-refractivity contribution in [3.63, 3.8) is 0 Å². The van der Waals surface area contributed by atoms with E-state index in [4.69, 9.17) is 4.74 Å². The number of hydrogen-bond donors (Lipinski definition) is 0. The Kier molecular flexibility index (Phi) is 8.32. The smallest absolute Gasteiger partial charge is 0.343 e. The lowest BCUT2D eigenvalue weighted by atomic mass is 10.0. The van der Waals surface area contributed by atoms with Crippen LogP contribution in [0.25, 0.3) is 11.8 Å². The van der Waals surface area contributed by atoms with Gasteiger partial charge >= 0.3 is 11.7 Å². The summed E-state index contributed by atoms with van der Waals surface area (Å²) >= 11 is 0. The molecule has 1 aromatic heterocycles. The molecule has 0 bridgehead atoms. The van der Waals surface area contributed by atoms with E-state index < -0.39 is 39.1 Å². The number of nitro benzene ring substituents is 2. The molecular weight excluding hydrogens is 630 g/mol. The molecule has 49 heavy (non-hydrogen) atoms. The molecule has 2 heterocycles. The highest BCUT2D eigenvalue weighted by molar-refractivity contribution is 6.46. The van der Waals surface area contributed by atoms with Gasteiger partial charge in [0.2, 0.25) is 5.75 Å². The van der Waals surface area contributed by atoms with Crippen molar-refractivity contribution >= 4 is 46.7 Å². The molecular formula is C36H27N5O8. The van der Waals surface area contributed by atoms with Gasteiger partial charge in [-0.2, -0.15) is 0 Å². The molecule has 4 aromatic carbocycles. The van der Waals surface area contributed by atoms with Crippen LogP contribution in [0.2, 0.25) is 0 Å². The third-order valence-electron chi connectivity index (χ3n) is 8.00. The van der Waals surface area contributed by atoms with Gasteiger partial charge in [0, 0.05) is 23.1 Å². The maximum Gasteiger partial charge on any atom is 0.343 e. The van der Waals surface area contributed by atoms with Crippen LogP contribution in [0.4, 0.5) is 27.5 Å². The molecule has 0 aliphatic carbocycles. The molecule has 1 aliphatic heterocycles. The predicted octanol–water partition coefficient (Wildman–Crippen LogP) is 7.59. The molecule has 5 aromatic rings. The molecule has 13 nitrogen and oxygen atoms in total. The van der Waals surface area contributed by atoms with E-state index in [1.54, 1.807) is 78.9 Å². The van der Waals surface area contributed by atoms with Gasteiger partial charge in [0.1, 0.15) is 11.3 Å². The third kappa shape index (κ3) is 6.03. The van der Waals surface area contributed by atoms with E-state index in [1.807, 2.05) is 31.4 Å². The second-order valence-electron chi connectivity index (χ2n) is 11.2. The van der Waals surface area contributed by atoms with Crippen LogP contribution >= 0.6 is 0 Å². The molecule has 0 spiro atoms. The van der Waals surface area contributed by atoms with Crippen LogP contribution in [0.5, 0.6) is 11.5 Å². The van der Waals surface area contributed by atoms with Crippen molar-refractivity contribution in [3.8, 4) is 17.2 Å². The van der Waals surface area contributed by atoms with E-state index in [1.165, 1.54) is 12.1 Å². The Morgan fingerprint density at radius 3 is 1.86 bits per heavy atom. The second-order valence-corrected chi connectivity index (χ2v) is 11.2. The molecule has 4 amide bonds. The average Bonchev–Trinajstić information content (AvgIpc) is 3.36. The minimum absolute atomic E-state index is 0.157. The first-order valence-corrected chi connectivity index (χ1v) is 14.9. The number of anilines is 2. The van der Waals surface area contributed by atoms with Crippen LogP contribution in [-0.2, 0) is 9.59 Å². The summed E-state index contributed by atoms with van der Waals surface area (Å²) < 4.78 is 7.59. The summed E-state index contributed by atoms with van der Waals surface area (Å²) in [5.41, 5.74) is 3.12. The summed E-state index contributed by atoms with van der Waals surface area (Å²) in [7, 11) is 0. The number of para-hydroxylation sites is 1. The Balaban J connectivity index is 1.35. The summed E-state index contributed by atoms with van der Waals surface area (Å²) in [5, 5.41) is 22.6. The van der Waals surface area contributed by atoms with Crippen molar-refractivity contribution in [1.82, 2.24) is 4.57 Å². The molecule has 0 radical (unpaired) electrons. The number of urea groups is 1. The lowest BCUT2D eigenvalue weighted by Crippen LogP contribution is -2.57. The van der Waals surface area contributed by atoms with Crippen LogP contribution in [0, 0.1) is 41.0 Å². The van der Waals surface area contributed by atoms with Gasteiger partial charge < -0.3 is 9.30 Å². The first kappa shape index (κ1) is 32.1. The first-order chi connectivity index (χ1) is 23.4. The van der Waals surface area contributed by atoms with Crippen molar-refractivity contribution in [2.45, 2.75) is 20.8 Å². The van der Waals surface area contributed by atoms with Gasteiger partial charge in [-0.1, -0.05) is 35.9 Å². The van der Waals surface area contributed by atoms with Gasteiger partial charge in [-0.15, -0.1) is 0 Å². The van der Waals surface area contributed by atoms with Gasteiger partial charge in [0.15, 0.2) is 0 Å². The highest BCUT2D eigenvalue weighted by Crippen LogP contribution is 2.35. The van der Waals surface area contributed by atoms with Crippen molar-refractivity contribution in [1.29, 1.82) is 0 Å². The zero-order valence-corrected chi connectivity index (χ0v) is 26.4. The lowest BCUT2D eigenvalue weighted by Gasteiger charge is -2.34. The number of carbonyl (C=O) groups excluding carboxylic acids is 3. The molecule has 1 saturated heterocycles. The van der Waals surface area contributed by atoms with E-state index in [0.717, 1.165) is 33.2 Å². The van der Waals surface area contributed by atoms with Gasteiger partial charge in [-0.05, 0) is 93.1 Å². The molecule has 1 fully saturated rings. The van der Waals surface area contributed by atoms with Crippen LogP contribution in [-0.4, -0.2) is 32.3 Å². The Bertz CT molecular complexity index is 2190. The molecule has 0 unspecified atom stereocenters. The number of amides is 4. The van der Waals surface area contributed by atoms with Crippen LogP contribution in [0.3, 0.4) is 0 Å². The van der Waals surface area contributed by atoms with E-state index in [0.29, 0.717) is 28.3 Å². The number of aryl methyl sites for hydroxylation is 2. The Labute approximate surface area is 279 Å². The second kappa shape index (κ2) is 12.7. The van der Waals surface area contributed by atoms with E-state index in [2.05, 4.69) is 0 Å². The SMILES string of the molecule is Cc1ccc(N2C(=O)/C(=C/c3cc(C)n(-c4ccc(Oc5ccc([N+](=O)[O-])cc5[N+](=O)[O-])cc4)c3C)C(=O)N(c3ccccc3)C2=O)cc1. The number of carbonyl (C=O) groups is 3. The fourth-order valence-electron chi connectivity index (χ4n) is 5.58. The summed E-state index contributed by atoms with van der Waals surface area (Å²) in [5.74, 6) is -1.41. The maximum absolute atomic E-state index is 13.9. The van der Waals surface area contributed by atoms with Crippen LogP contribution < -0.4 is 14.5 Å². The summed E-state index contributed by atoms with van der Waals surface area (Å²) in [6, 6.07) is 26.0. The number of benzene rings is 4. The summed E-state index contributed by atoms with van der Waals surface area (Å²) in [6.07, 6.45) is 1.48. The zero-order valence-electron chi connectivity index (χ0n) is 26.4. The normalized spacial score (nSPS) is 14.0. The number of non-ortho nitro benzene ring substituents is 1. The molecule has 0 N–H and O–H groups in total. The fraction of sp³-hybridized carbons (Fsp3) is 0.0833. The molecule has 0 saturated carbocycles. The fourth-order valence-corrected chi connectivity index (χ4v) is 5.58. The Hall–Kier alpha value is -6.89. The number of rotatable bonds is 8. The number of nitrogens with zero attached hydrogens (tertiary/aromatic N) is 5. The molecule has 0 atom stereocenters. The number of hydrogen-bond acceptors (Lipinski definition) is 8. The number of nitro groups is 2. The number of imide groups is 2. The van der Waals surface area contributed by atoms with Gasteiger partial charge in [0.25, 0.3) is 17.5 Å². The van der Waals surface area contributed by atoms with Crippen molar-refractivity contribution in [2.24, 2.45) is 0 Å². The molecule has 1 aliphatic rings. The van der Waals surface area contributed by atoms with Crippen molar-refractivity contribution in [2.75, 3.05) is 9.80 Å². The quantitative estimate of drug-likeness (QED) is 0.0714. The number of aromatic nitrogens is 1. The highest BCUT2D eigenvalue weighted by atomic mass is 16.6. The number of ether oxygens (including phenoxy) is 1. The van der Waals surface area contributed by atoms with E-state index in [9.17, 15) is 34.6 Å². The first-order valence-electron chi connectivity index (χ1n) is 14.9.